The minimum Gasteiger partial charge on any atom is -0.482 e. The second-order valence-corrected chi connectivity index (χ2v) is 4.52. The summed E-state index contributed by atoms with van der Waals surface area (Å²) in [6.07, 6.45) is 0. The predicted octanol–water partition coefficient (Wildman–Crippen LogP) is 2.99. The molecule has 0 spiro atoms. The molecule has 0 atom stereocenters. The van der Waals surface area contributed by atoms with Crippen LogP contribution >= 0.6 is 0 Å². The molecule has 0 aromatic heterocycles. The van der Waals surface area contributed by atoms with E-state index in [1.54, 1.807) is 24.3 Å². The summed E-state index contributed by atoms with van der Waals surface area (Å²) in [6.45, 7) is 1.96. The Hall–Kier alpha value is -2.80. The predicted molar refractivity (Wildman–Crippen MR) is 77.6 cm³/mol. The molecule has 0 saturated carbocycles. The third-order valence-electron chi connectivity index (χ3n) is 2.92. The number of nitriles is 1. The third-order valence-corrected chi connectivity index (χ3v) is 2.92. The van der Waals surface area contributed by atoms with Gasteiger partial charge >= 0.3 is 5.97 Å². The lowest BCUT2D eigenvalue weighted by Gasteiger charge is -2.09. The lowest BCUT2D eigenvalue weighted by molar-refractivity contribution is -0.147. The number of benzene rings is 2. The molecule has 0 saturated heterocycles. The Morgan fingerprint density at radius 2 is 1.86 bits per heavy atom. The summed E-state index contributed by atoms with van der Waals surface area (Å²) in [5.74, 6) is 0.246. The van der Waals surface area contributed by atoms with Gasteiger partial charge in [-0.25, -0.2) is 4.79 Å². The van der Waals surface area contributed by atoms with E-state index in [9.17, 15) is 4.79 Å². The number of hydrogen-bond donors (Lipinski definition) is 0. The van der Waals surface area contributed by atoms with Gasteiger partial charge in [-0.2, -0.15) is 5.26 Å². The molecule has 106 valence electrons. The van der Waals surface area contributed by atoms with Crippen molar-refractivity contribution in [2.75, 3.05) is 6.61 Å². The highest BCUT2D eigenvalue weighted by atomic mass is 16.6. The van der Waals surface area contributed by atoms with E-state index in [0.29, 0.717) is 11.3 Å². The van der Waals surface area contributed by atoms with Crippen LogP contribution in [0.2, 0.25) is 0 Å². The fraction of sp³-hybridized carbons (Fsp3) is 0.176. The number of rotatable bonds is 5. The zero-order valence-corrected chi connectivity index (χ0v) is 11.7. The topological polar surface area (TPSA) is 59.3 Å². The second-order valence-electron chi connectivity index (χ2n) is 4.52. The van der Waals surface area contributed by atoms with Gasteiger partial charge in [0, 0.05) is 0 Å². The molecule has 0 heterocycles. The highest BCUT2D eigenvalue weighted by Gasteiger charge is 2.06. The van der Waals surface area contributed by atoms with Crippen molar-refractivity contribution in [3.8, 4) is 11.8 Å². The van der Waals surface area contributed by atoms with Crippen LogP contribution in [0, 0.1) is 18.3 Å². The first kappa shape index (κ1) is 14.6. The monoisotopic (exact) mass is 281 g/mol. The molecule has 2 aromatic carbocycles. The Labute approximate surface area is 123 Å². The first-order valence-corrected chi connectivity index (χ1v) is 6.52. The lowest BCUT2D eigenvalue weighted by Crippen LogP contribution is -2.15. The molecule has 0 aliphatic rings. The molecule has 4 nitrogen and oxygen atoms in total. The minimum absolute atomic E-state index is 0.124. The van der Waals surface area contributed by atoms with Gasteiger partial charge in [0.1, 0.15) is 12.4 Å². The fourth-order valence-electron chi connectivity index (χ4n) is 1.74. The van der Waals surface area contributed by atoms with E-state index >= 15 is 0 Å². The number of carbonyl (C=O) groups excluding carboxylic acids is 1. The molecule has 0 aliphatic heterocycles. The van der Waals surface area contributed by atoms with Crippen molar-refractivity contribution in [2.24, 2.45) is 0 Å². The van der Waals surface area contributed by atoms with Gasteiger partial charge in [0.2, 0.25) is 0 Å². The van der Waals surface area contributed by atoms with Crippen LogP contribution in [0.4, 0.5) is 0 Å². The van der Waals surface area contributed by atoms with E-state index in [2.05, 4.69) is 0 Å². The van der Waals surface area contributed by atoms with Crippen LogP contribution in [0.15, 0.2) is 48.5 Å². The Morgan fingerprint density at radius 1 is 1.14 bits per heavy atom. The summed E-state index contributed by atoms with van der Waals surface area (Å²) in [5.41, 5.74) is 2.38. The number of hydrogen-bond acceptors (Lipinski definition) is 4. The van der Waals surface area contributed by atoms with Crippen molar-refractivity contribution in [1.82, 2.24) is 0 Å². The standard InChI is InChI=1S/C17H15NO3/c1-13-4-2-3-5-16(13)20-12-17(19)21-11-15-8-6-14(10-18)7-9-15/h2-9H,11-12H2,1H3. The van der Waals surface area contributed by atoms with Crippen LogP contribution in [0.1, 0.15) is 16.7 Å². The van der Waals surface area contributed by atoms with Crippen molar-refractivity contribution < 1.29 is 14.3 Å². The molecule has 0 bridgehead atoms. The molecule has 0 amide bonds. The van der Waals surface area contributed by atoms with Crippen LogP contribution in [-0.2, 0) is 16.1 Å². The highest BCUT2D eigenvalue weighted by Crippen LogP contribution is 2.16. The van der Waals surface area contributed by atoms with Gasteiger partial charge in [-0.05, 0) is 36.2 Å². The van der Waals surface area contributed by atoms with E-state index in [-0.39, 0.29) is 13.2 Å². The molecule has 4 heteroatoms. The van der Waals surface area contributed by atoms with E-state index in [1.165, 1.54) is 0 Å². The van der Waals surface area contributed by atoms with Gasteiger partial charge in [-0.1, -0.05) is 30.3 Å². The molecular weight excluding hydrogens is 266 g/mol. The Balaban J connectivity index is 1.79. The summed E-state index contributed by atoms with van der Waals surface area (Å²) < 4.78 is 10.5. The average molecular weight is 281 g/mol. The van der Waals surface area contributed by atoms with Crippen molar-refractivity contribution in [2.45, 2.75) is 13.5 Å². The summed E-state index contributed by atoms with van der Waals surface area (Å²) in [6, 6.07) is 16.4. The largest absolute Gasteiger partial charge is 0.482 e. The number of aryl methyl sites for hydroxylation is 1. The fourth-order valence-corrected chi connectivity index (χ4v) is 1.74. The average Bonchev–Trinajstić information content (AvgIpc) is 2.52. The smallest absolute Gasteiger partial charge is 0.344 e. The van der Waals surface area contributed by atoms with Crippen LogP contribution in [0.5, 0.6) is 5.75 Å². The van der Waals surface area contributed by atoms with Crippen molar-refractivity contribution in [3.05, 3.63) is 65.2 Å². The molecule has 2 aromatic rings. The third kappa shape index (κ3) is 4.36. The summed E-state index contributed by atoms with van der Waals surface area (Å²) in [7, 11) is 0. The van der Waals surface area contributed by atoms with Crippen molar-refractivity contribution in [1.29, 1.82) is 5.26 Å². The first-order chi connectivity index (χ1) is 10.2. The quantitative estimate of drug-likeness (QED) is 0.790. The zero-order valence-electron chi connectivity index (χ0n) is 11.7. The van der Waals surface area contributed by atoms with Gasteiger partial charge in [-0.15, -0.1) is 0 Å². The summed E-state index contributed by atoms with van der Waals surface area (Å²) >= 11 is 0. The van der Waals surface area contributed by atoms with Gasteiger partial charge in [0.25, 0.3) is 0 Å². The number of ether oxygens (including phenoxy) is 2. The summed E-state index contributed by atoms with van der Waals surface area (Å²) in [5, 5.41) is 8.70. The highest BCUT2D eigenvalue weighted by molar-refractivity contribution is 5.71. The van der Waals surface area contributed by atoms with E-state index < -0.39 is 5.97 Å². The SMILES string of the molecule is Cc1ccccc1OCC(=O)OCc1ccc(C#N)cc1. The molecule has 0 fully saturated rings. The lowest BCUT2D eigenvalue weighted by atomic mass is 10.2. The molecule has 2 rings (SSSR count). The van der Waals surface area contributed by atoms with E-state index in [0.717, 1.165) is 11.1 Å². The van der Waals surface area contributed by atoms with Gasteiger partial charge in [-0.3, -0.25) is 0 Å². The maximum atomic E-state index is 11.6. The van der Waals surface area contributed by atoms with Gasteiger partial charge < -0.3 is 9.47 Å². The molecule has 21 heavy (non-hydrogen) atoms. The molecule has 0 N–H and O–H groups in total. The summed E-state index contributed by atoms with van der Waals surface area (Å²) in [4.78, 5) is 11.6. The Bertz CT molecular complexity index is 656. The van der Waals surface area contributed by atoms with Crippen LogP contribution in [0.25, 0.3) is 0 Å². The maximum absolute atomic E-state index is 11.6. The van der Waals surface area contributed by atoms with Crippen molar-refractivity contribution in [3.63, 3.8) is 0 Å². The molecule has 0 aliphatic carbocycles. The second kappa shape index (κ2) is 7.11. The number of nitrogens with zero attached hydrogens (tertiary/aromatic N) is 1. The normalized spacial score (nSPS) is 9.71. The Kier molecular flexibility index (Phi) is 4.94. The Morgan fingerprint density at radius 3 is 2.52 bits per heavy atom. The molecule has 0 radical (unpaired) electrons. The van der Waals surface area contributed by atoms with Crippen LogP contribution in [0.3, 0.4) is 0 Å². The number of carbonyl (C=O) groups is 1. The molecule has 0 unspecified atom stereocenters. The zero-order chi connectivity index (χ0) is 15.1. The van der Waals surface area contributed by atoms with Gasteiger partial charge in [0.05, 0.1) is 11.6 Å². The first-order valence-electron chi connectivity index (χ1n) is 6.52. The van der Waals surface area contributed by atoms with E-state index in [1.807, 2.05) is 37.3 Å². The van der Waals surface area contributed by atoms with Crippen LogP contribution in [-0.4, -0.2) is 12.6 Å². The number of esters is 1. The minimum atomic E-state index is -0.428. The van der Waals surface area contributed by atoms with Gasteiger partial charge in [0.15, 0.2) is 6.61 Å². The van der Waals surface area contributed by atoms with Crippen molar-refractivity contribution >= 4 is 5.97 Å². The number of para-hydroxylation sites is 1. The van der Waals surface area contributed by atoms with E-state index in [4.69, 9.17) is 14.7 Å². The molecular formula is C17H15NO3. The maximum Gasteiger partial charge on any atom is 0.344 e. The van der Waals surface area contributed by atoms with Crippen LogP contribution < -0.4 is 4.74 Å².